The van der Waals surface area contributed by atoms with Gasteiger partial charge in [0.05, 0.1) is 13.2 Å². The Morgan fingerprint density at radius 1 is 1.21 bits per heavy atom. The van der Waals surface area contributed by atoms with Crippen LogP contribution in [0.15, 0.2) is 30.3 Å². The molecule has 3 atom stereocenters. The zero-order chi connectivity index (χ0) is 17.7. The van der Waals surface area contributed by atoms with E-state index >= 15 is 0 Å². The fourth-order valence-corrected chi connectivity index (χ4v) is 3.44. The van der Waals surface area contributed by atoms with Crippen molar-refractivity contribution in [1.29, 1.82) is 0 Å². The van der Waals surface area contributed by atoms with Gasteiger partial charge in [0.25, 0.3) is 0 Å². The molecule has 1 aromatic rings. The molecule has 1 aromatic carbocycles. The maximum absolute atomic E-state index is 12.6. The van der Waals surface area contributed by atoms with Crippen molar-refractivity contribution >= 4 is 5.91 Å². The molecule has 24 heavy (non-hydrogen) atoms. The van der Waals surface area contributed by atoms with Crippen molar-refractivity contribution < 1.29 is 9.90 Å². The standard InChI is InChI=1S/C19H31N3O2/c1-14(2)10-22(18(24)12-21(3)4)11-16-19(17(13-23)20-16)15-8-6-5-7-9-15/h5-9,14,16-17,19-20,23H,10-13H2,1-4H3/t16-,17-,19+/m0/s1. The van der Waals surface area contributed by atoms with E-state index in [-0.39, 0.29) is 30.5 Å². The number of aliphatic hydroxyl groups is 1. The summed E-state index contributed by atoms with van der Waals surface area (Å²) in [5.74, 6) is 0.841. The van der Waals surface area contributed by atoms with Crippen LogP contribution >= 0.6 is 0 Å². The van der Waals surface area contributed by atoms with Crippen LogP contribution in [0, 0.1) is 5.92 Å². The van der Waals surface area contributed by atoms with Gasteiger partial charge in [0, 0.05) is 31.1 Å². The van der Waals surface area contributed by atoms with Gasteiger partial charge in [0.2, 0.25) is 5.91 Å². The molecule has 0 aromatic heterocycles. The first-order valence-electron chi connectivity index (χ1n) is 8.76. The van der Waals surface area contributed by atoms with E-state index in [1.807, 2.05) is 42.1 Å². The summed E-state index contributed by atoms with van der Waals surface area (Å²) in [7, 11) is 3.84. The molecule has 0 unspecified atom stereocenters. The third-order valence-corrected chi connectivity index (χ3v) is 4.48. The summed E-state index contributed by atoms with van der Waals surface area (Å²) in [6.45, 7) is 6.26. The highest BCUT2D eigenvalue weighted by Gasteiger charge is 2.42. The number of likely N-dealkylation sites (N-methyl/N-ethyl adjacent to an activating group) is 1. The summed E-state index contributed by atoms with van der Waals surface area (Å²) >= 11 is 0. The van der Waals surface area contributed by atoms with Crippen molar-refractivity contribution in [2.75, 3.05) is 40.3 Å². The van der Waals surface area contributed by atoms with Gasteiger partial charge >= 0.3 is 0 Å². The number of benzene rings is 1. The van der Waals surface area contributed by atoms with Gasteiger partial charge in [-0.2, -0.15) is 0 Å². The monoisotopic (exact) mass is 333 g/mol. The maximum atomic E-state index is 12.6. The highest BCUT2D eigenvalue weighted by atomic mass is 16.3. The Morgan fingerprint density at radius 3 is 2.42 bits per heavy atom. The van der Waals surface area contributed by atoms with Crippen LogP contribution in [0.1, 0.15) is 25.3 Å². The van der Waals surface area contributed by atoms with E-state index in [2.05, 4.69) is 31.3 Å². The molecule has 0 saturated carbocycles. The second-order valence-corrected chi connectivity index (χ2v) is 7.43. The van der Waals surface area contributed by atoms with Crippen molar-refractivity contribution in [2.45, 2.75) is 31.8 Å². The van der Waals surface area contributed by atoms with E-state index in [0.29, 0.717) is 19.0 Å². The number of hydrogen-bond acceptors (Lipinski definition) is 4. The number of carbonyl (C=O) groups excluding carboxylic acids is 1. The van der Waals surface area contributed by atoms with Crippen molar-refractivity contribution in [2.24, 2.45) is 5.92 Å². The van der Waals surface area contributed by atoms with E-state index in [0.717, 1.165) is 6.54 Å². The number of aliphatic hydroxyl groups excluding tert-OH is 1. The third kappa shape index (κ3) is 4.79. The molecule has 1 saturated heterocycles. The molecule has 0 spiro atoms. The average Bonchev–Trinajstić information content (AvgIpc) is 2.49. The van der Waals surface area contributed by atoms with E-state index < -0.39 is 0 Å². The topological polar surface area (TPSA) is 55.8 Å². The highest BCUT2D eigenvalue weighted by Crippen LogP contribution is 2.32. The number of rotatable bonds is 8. The summed E-state index contributed by atoms with van der Waals surface area (Å²) in [6, 6.07) is 10.5. The fraction of sp³-hybridized carbons (Fsp3) is 0.632. The van der Waals surface area contributed by atoms with E-state index in [4.69, 9.17) is 0 Å². The lowest BCUT2D eigenvalue weighted by Gasteiger charge is -2.48. The Balaban J connectivity index is 2.08. The zero-order valence-corrected chi connectivity index (χ0v) is 15.3. The molecule has 1 amide bonds. The Morgan fingerprint density at radius 2 is 1.88 bits per heavy atom. The van der Waals surface area contributed by atoms with Crippen LogP contribution in [0.25, 0.3) is 0 Å². The van der Waals surface area contributed by atoms with Gasteiger partial charge in [-0.3, -0.25) is 4.79 Å². The summed E-state index contributed by atoms with van der Waals surface area (Å²) < 4.78 is 0. The largest absolute Gasteiger partial charge is 0.395 e. The van der Waals surface area contributed by atoms with Gasteiger partial charge in [-0.15, -0.1) is 0 Å². The molecule has 5 heteroatoms. The molecule has 1 aliphatic heterocycles. The first kappa shape index (κ1) is 18.9. The molecule has 1 heterocycles. The molecule has 2 rings (SSSR count). The second-order valence-electron chi connectivity index (χ2n) is 7.43. The predicted molar refractivity (Wildman–Crippen MR) is 97.0 cm³/mol. The molecule has 5 nitrogen and oxygen atoms in total. The summed E-state index contributed by atoms with van der Waals surface area (Å²) in [5, 5.41) is 13.0. The van der Waals surface area contributed by atoms with Crippen LogP contribution in [0.5, 0.6) is 0 Å². The quantitative estimate of drug-likeness (QED) is 0.749. The van der Waals surface area contributed by atoms with Gasteiger partial charge in [-0.1, -0.05) is 44.2 Å². The lowest BCUT2D eigenvalue weighted by molar-refractivity contribution is -0.133. The summed E-state index contributed by atoms with van der Waals surface area (Å²) in [5.41, 5.74) is 1.23. The smallest absolute Gasteiger partial charge is 0.236 e. The van der Waals surface area contributed by atoms with Crippen molar-refractivity contribution in [3.8, 4) is 0 Å². The number of hydrogen-bond donors (Lipinski definition) is 2. The van der Waals surface area contributed by atoms with Crippen molar-refractivity contribution in [3.63, 3.8) is 0 Å². The first-order valence-corrected chi connectivity index (χ1v) is 8.76. The lowest BCUT2D eigenvalue weighted by atomic mass is 9.77. The van der Waals surface area contributed by atoms with Crippen LogP contribution < -0.4 is 5.32 Å². The van der Waals surface area contributed by atoms with Crippen LogP contribution in [-0.4, -0.2) is 73.2 Å². The number of nitrogens with one attached hydrogen (secondary N) is 1. The average molecular weight is 333 g/mol. The van der Waals surface area contributed by atoms with Gasteiger partial charge in [-0.05, 0) is 25.6 Å². The Bertz CT molecular complexity index is 519. The van der Waals surface area contributed by atoms with Crippen LogP contribution in [0.2, 0.25) is 0 Å². The molecule has 0 aliphatic carbocycles. The predicted octanol–water partition coefficient (Wildman–Crippen LogP) is 1.15. The fourth-order valence-electron chi connectivity index (χ4n) is 3.44. The van der Waals surface area contributed by atoms with Gasteiger partial charge < -0.3 is 20.2 Å². The first-order chi connectivity index (χ1) is 11.4. The molecule has 0 radical (unpaired) electrons. The molecule has 1 aliphatic rings. The van der Waals surface area contributed by atoms with E-state index in [1.54, 1.807) is 0 Å². The van der Waals surface area contributed by atoms with Gasteiger partial charge in [-0.25, -0.2) is 0 Å². The Hall–Kier alpha value is -1.43. The third-order valence-electron chi connectivity index (χ3n) is 4.48. The minimum atomic E-state index is 0.0715. The lowest BCUT2D eigenvalue weighted by Crippen LogP contribution is -2.65. The van der Waals surface area contributed by atoms with Crippen LogP contribution in [-0.2, 0) is 4.79 Å². The summed E-state index contributed by atoms with van der Waals surface area (Å²) in [6.07, 6.45) is 0. The van der Waals surface area contributed by atoms with Crippen molar-refractivity contribution in [3.05, 3.63) is 35.9 Å². The summed E-state index contributed by atoms with van der Waals surface area (Å²) in [4.78, 5) is 16.4. The highest BCUT2D eigenvalue weighted by molar-refractivity contribution is 5.78. The molecule has 2 N–H and O–H groups in total. The molecule has 1 fully saturated rings. The molecular weight excluding hydrogens is 302 g/mol. The Kier molecular flexibility index (Phi) is 6.78. The molecular formula is C19H31N3O2. The SMILES string of the molecule is CC(C)CN(C[C@@H]1N[C@@H](CO)[C@@H]1c1ccccc1)C(=O)CN(C)C. The molecule has 134 valence electrons. The number of nitrogens with zero attached hydrogens (tertiary/aromatic N) is 2. The van der Waals surface area contributed by atoms with E-state index in [9.17, 15) is 9.90 Å². The van der Waals surface area contributed by atoms with E-state index in [1.165, 1.54) is 5.56 Å². The molecule has 0 bridgehead atoms. The minimum absolute atomic E-state index is 0.0715. The van der Waals surface area contributed by atoms with Crippen LogP contribution in [0.3, 0.4) is 0 Å². The maximum Gasteiger partial charge on any atom is 0.236 e. The second kappa shape index (κ2) is 8.60. The number of amides is 1. The van der Waals surface area contributed by atoms with Gasteiger partial charge in [0.1, 0.15) is 0 Å². The number of carbonyl (C=O) groups is 1. The normalized spacial score (nSPS) is 23.4. The van der Waals surface area contributed by atoms with Crippen molar-refractivity contribution in [1.82, 2.24) is 15.1 Å². The van der Waals surface area contributed by atoms with Crippen LogP contribution in [0.4, 0.5) is 0 Å². The van der Waals surface area contributed by atoms with Gasteiger partial charge in [0.15, 0.2) is 0 Å². The Labute approximate surface area is 145 Å². The zero-order valence-electron chi connectivity index (χ0n) is 15.3. The minimum Gasteiger partial charge on any atom is -0.395 e.